The van der Waals surface area contributed by atoms with Crippen LogP contribution in [-0.2, 0) is 11.8 Å². The Morgan fingerprint density at radius 3 is 2.84 bits per heavy atom. The van der Waals surface area contributed by atoms with E-state index in [9.17, 15) is 4.79 Å². The molecule has 1 aromatic rings. The van der Waals surface area contributed by atoms with E-state index in [0.717, 1.165) is 24.1 Å². The van der Waals surface area contributed by atoms with E-state index in [-0.39, 0.29) is 5.91 Å². The summed E-state index contributed by atoms with van der Waals surface area (Å²) in [6.45, 7) is 1.85. The van der Waals surface area contributed by atoms with Crippen LogP contribution in [0.1, 0.15) is 30.1 Å². The highest BCUT2D eigenvalue weighted by atomic mass is 16.5. The van der Waals surface area contributed by atoms with Crippen molar-refractivity contribution in [2.45, 2.75) is 31.8 Å². The molecule has 1 amide bonds. The van der Waals surface area contributed by atoms with E-state index in [1.807, 2.05) is 6.92 Å². The first kappa shape index (κ1) is 12.0. The van der Waals surface area contributed by atoms with Gasteiger partial charge < -0.3 is 10.1 Å². The summed E-state index contributed by atoms with van der Waals surface area (Å²) in [6, 6.07) is -0.125. The summed E-state index contributed by atoms with van der Waals surface area (Å²) in [5.41, 5.74) is 1.49. The van der Waals surface area contributed by atoms with Crippen LogP contribution in [0.15, 0.2) is 4.99 Å². The summed E-state index contributed by atoms with van der Waals surface area (Å²) in [5.74, 6) is 0.995. The Hall–Kier alpha value is -2.05. The number of aliphatic imine (C=N–C) groups is 1. The molecule has 0 bridgehead atoms. The molecule has 2 N–H and O–H groups in total. The minimum absolute atomic E-state index is 0.141. The van der Waals surface area contributed by atoms with E-state index in [1.54, 1.807) is 18.8 Å². The zero-order chi connectivity index (χ0) is 13.6. The zero-order valence-corrected chi connectivity index (χ0v) is 11.2. The summed E-state index contributed by atoms with van der Waals surface area (Å²) in [5, 5.41) is 10.2. The number of rotatable bonds is 3. The van der Waals surface area contributed by atoms with Crippen molar-refractivity contribution < 1.29 is 9.53 Å². The number of methoxy groups -OCH3 is 1. The second-order valence-electron chi connectivity index (χ2n) is 4.92. The van der Waals surface area contributed by atoms with Gasteiger partial charge in [0.15, 0.2) is 12.0 Å². The SMILES string of the molecule is COc1c(C2N=C(NC3CC3)NC2=O)c(C)nn1C. The van der Waals surface area contributed by atoms with Crippen molar-refractivity contribution in [1.29, 1.82) is 0 Å². The molecule has 1 aliphatic heterocycles. The number of amides is 1. The van der Waals surface area contributed by atoms with Crippen LogP contribution >= 0.6 is 0 Å². The molecule has 3 rings (SSSR count). The van der Waals surface area contributed by atoms with Gasteiger partial charge in [-0.25, -0.2) is 9.67 Å². The molecule has 102 valence electrons. The summed E-state index contributed by atoms with van der Waals surface area (Å²) in [7, 11) is 3.36. The second kappa shape index (κ2) is 4.25. The number of aromatic nitrogens is 2. The number of carbonyl (C=O) groups excluding carboxylic acids is 1. The van der Waals surface area contributed by atoms with E-state index in [1.165, 1.54) is 0 Å². The Morgan fingerprint density at radius 1 is 1.47 bits per heavy atom. The first-order valence-electron chi connectivity index (χ1n) is 6.33. The molecule has 0 spiro atoms. The van der Waals surface area contributed by atoms with Crippen molar-refractivity contribution in [2.24, 2.45) is 12.0 Å². The molecule has 1 atom stereocenters. The molecule has 1 aliphatic carbocycles. The molecular formula is C12H17N5O2. The zero-order valence-electron chi connectivity index (χ0n) is 11.2. The third-order valence-corrected chi connectivity index (χ3v) is 3.35. The van der Waals surface area contributed by atoms with Crippen molar-refractivity contribution >= 4 is 11.9 Å². The molecule has 2 heterocycles. The number of nitrogens with zero attached hydrogens (tertiary/aromatic N) is 3. The predicted octanol–water partition coefficient (Wildman–Crippen LogP) is 0.0160. The molecule has 19 heavy (non-hydrogen) atoms. The van der Waals surface area contributed by atoms with Crippen LogP contribution < -0.4 is 15.4 Å². The van der Waals surface area contributed by atoms with Gasteiger partial charge in [-0.2, -0.15) is 5.10 Å². The maximum Gasteiger partial charge on any atom is 0.256 e. The van der Waals surface area contributed by atoms with Gasteiger partial charge in [-0.1, -0.05) is 0 Å². The van der Waals surface area contributed by atoms with Crippen molar-refractivity contribution in [3.05, 3.63) is 11.3 Å². The second-order valence-corrected chi connectivity index (χ2v) is 4.92. The number of ether oxygens (including phenoxy) is 1. The largest absolute Gasteiger partial charge is 0.481 e. The predicted molar refractivity (Wildman–Crippen MR) is 69.0 cm³/mol. The van der Waals surface area contributed by atoms with E-state index >= 15 is 0 Å². The Balaban J connectivity index is 1.92. The first-order chi connectivity index (χ1) is 9.10. The Kier molecular flexibility index (Phi) is 2.69. The number of carbonyl (C=O) groups is 1. The summed E-state index contributed by atoms with van der Waals surface area (Å²) >= 11 is 0. The van der Waals surface area contributed by atoms with Crippen LogP contribution in [-0.4, -0.2) is 34.8 Å². The van der Waals surface area contributed by atoms with Crippen molar-refractivity contribution in [1.82, 2.24) is 20.4 Å². The van der Waals surface area contributed by atoms with Gasteiger partial charge in [0.1, 0.15) is 0 Å². The smallest absolute Gasteiger partial charge is 0.256 e. The molecule has 1 saturated carbocycles. The Bertz CT molecular complexity index is 559. The van der Waals surface area contributed by atoms with Gasteiger partial charge in [-0.05, 0) is 19.8 Å². The minimum atomic E-state index is -0.579. The lowest BCUT2D eigenvalue weighted by Gasteiger charge is -2.07. The van der Waals surface area contributed by atoms with Gasteiger partial charge in [0.2, 0.25) is 5.88 Å². The lowest BCUT2D eigenvalue weighted by molar-refractivity contribution is -0.120. The number of aryl methyl sites for hydroxylation is 2. The minimum Gasteiger partial charge on any atom is -0.481 e. The Morgan fingerprint density at radius 2 is 2.21 bits per heavy atom. The average molecular weight is 263 g/mol. The third-order valence-electron chi connectivity index (χ3n) is 3.35. The highest BCUT2D eigenvalue weighted by Gasteiger charge is 2.35. The van der Waals surface area contributed by atoms with Crippen LogP contribution in [0.5, 0.6) is 5.88 Å². The van der Waals surface area contributed by atoms with Gasteiger partial charge in [0.05, 0.1) is 18.4 Å². The van der Waals surface area contributed by atoms with Crippen molar-refractivity contribution in [3.63, 3.8) is 0 Å². The maximum atomic E-state index is 12.1. The highest BCUT2D eigenvalue weighted by Crippen LogP contribution is 2.32. The number of hydrogen-bond acceptors (Lipinski definition) is 5. The first-order valence-corrected chi connectivity index (χ1v) is 6.33. The molecule has 1 aromatic heterocycles. The lowest BCUT2D eigenvalue weighted by Crippen LogP contribution is -2.37. The van der Waals surface area contributed by atoms with E-state index in [4.69, 9.17) is 4.74 Å². The number of hydrogen-bond donors (Lipinski definition) is 2. The van der Waals surface area contributed by atoms with Gasteiger partial charge in [0, 0.05) is 13.1 Å². The maximum absolute atomic E-state index is 12.1. The van der Waals surface area contributed by atoms with Crippen molar-refractivity contribution in [2.75, 3.05) is 7.11 Å². The molecule has 0 aromatic carbocycles. The van der Waals surface area contributed by atoms with Crippen LogP contribution in [0.3, 0.4) is 0 Å². The summed E-state index contributed by atoms with van der Waals surface area (Å²) in [6.07, 6.45) is 2.27. The number of nitrogens with one attached hydrogen (secondary N) is 2. The van der Waals surface area contributed by atoms with Gasteiger partial charge in [0.25, 0.3) is 5.91 Å². The lowest BCUT2D eigenvalue weighted by atomic mass is 10.1. The fourth-order valence-electron chi connectivity index (χ4n) is 2.31. The topological polar surface area (TPSA) is 80.5 Å². The fraction of sp³-hybridized carbons (Fsp3) is 0.583. The van der Waals surface area contributed by atoms with Crippen molar-refractivity contribution in [3.8, 4) is 5.88 Å². The summed E-state index contributed by atoms with van der Waals surface area (Å²) < 4.78 is 6.94. The van der Waals surface area contributed by atoms with Gasteiger partial charge in [-0.15, -0.1) is 0 Å². The van der Waals surface area contributed by atoms with Gasteiger partial charge in [-0.3, -0.25) is 10.1 Å². The van der Waals surface area contributed by atoms with Crippen LogP contribution in [0.25, 0.3) is 0 Å². The van der Waals surface area contributed by atoms with E-state index < -0.39 is 6.04 Å². The highest BCUT2D eigenvalue weighted by molar-refractivity contribution is 6.05. The third kappa shape index (κ3) is 2.05. The fourth-order valence-corrected chi connectivity index (χ4v) is 2.31. The molecule has 7 nitrogen and oxygen atoms in total. The molecule has 2 aliphatic rings. The van der Waals surface area contributed by atoms with Crippen LogP contribution in [0.2, 0.25) is 0 Å². The number of guanidine groups is 1. The molecule has 7 heteroatoms. The molecule has 1 fully saturated rings. The molecule has 0 radical (unpaired) electrons. The Labute approximate surface area is 111 Å². The normalized spacial score (nSPS) is 22.2. The quantitative estimate of drug-likeness (QED) is 0.805. The molecule has 0 saturated heterocycles. The van der Waals surface area contributed by atoms with Crippen LogP contribution in [0.4, 0.5) is 0 Å². The molecule has 1 unspecified atom stereocenters. The summed E-state index contributed by atoms with van der Waals surface area (Å²) in [4.78, 5) is 16.5. The van der Waals surface area contributed by atoms with Crippen LogP contribution in [0, 0.1) is 6.92 Å². The monoisotopic (exact) mass is 263 g/mol. The average Bonchev–Trinajstić information content (AvgIpc) is 3.02. The standard InChI is InChI=1S/C12H17N5O2/c1-6-8(11(19-3)17(2)16-6)9-10(18)15-12(14-9)13-7-4-5-7/h7,9H,4-5H2,1-3H3,(H2,13,14,15,18). The van der Waals surface area contributed by atoms with E-state index in [0.29, 0.717) is 17.9 Å². The van der Waals surface area contributed by atoms with E-state index in [2.05, 4.69) is 20.7 Å². The molecular weight excluding hydrogens is 246 g/mol. The van der Waals surface area contributed by atoms with Gasteiger partial charge >= 0.3 is 0 Å².